The Bertz CT molecular complexity index is 1390. The van der Waals surface area contributed by atoms with Crippen LogP contribution >= 0.6 is 0 Å². The molecular weight excluding hydrogens is 621 g/mol. The van der Waals surface area contributed by atoms with Gasteiger partial charge in [0.15, 0.2) is 17.0 Å². The molecule has 1 aliphatic carbocycles. The lowest BCUT2D eigenvalue weighted by Gasteiger charge is -2.34. The summed E-state index contributed by atoms with van der Waals surface area (Å²) in [5.41, 5.74) is 4.55. The SMILES string of the molecule is CC.CC.CC.CC.COCC1CCC(n2cnc3c(NCC(c4ccccc4)c4ccccc4)nc(CNC4CCC(C)(C)CC4)nc32)O1. The Hall–Kier alpha value is -3.33. The molecule has 2 N–H and O–H groups in total. The predicted octanol–water partition coefficient (Wildman–Crippen LogP) is 10.6. The minimum atomic E-state index is -0.110. The van der Waals surface area contributed by atoms with Gasteiger partial charge in [0.1, 0.15) is 12.1 Å². The molecule has 2 aromatic carbocycles. The fourth-order valence-corrected chi connectivity index (χ4v) is 6.41. The minimum absolute atomic E-state index is 0.0890. The molecular formula is C42H68N6O2. The Kier molecular flexibility index (Phi) is 19.9. The third-order valence-electron chi connectivity index (χ3n) is 8.98. The van der Waals surface area contributed by atoms with Crippen LogP contribution in [0.1, 0.15) is 137 Å². The van der Waals surface area contributed by atoms with E-state index in [1.54, 1.807) is 7.11 Å². The van der Waals surface area contributed by atoms with E-state index in [4.69, 9.17) is 24.4 Å². The average Bonchev–Trinajstić information content (AvgIpc) is 3.83. The van der Waals surface area contributed by atoms with Crippen molar-refractivity contribution in [2.24, 2.45) is 5.41 Å². The van der Waals surface area contributed by atoms with Crippen LogP contribution in [0.25, 0.3) is 11.2 Å². The summed E-state index contributed by atoms with van der Waals surface area (Å²) in [7, 11) is 1.72. The number of imidazole rings is 1. The number of anilines is 1. The van der Waals surface area contributed by atoms with E-state index in [9.17, 15) is 0 Å². The molecule has 0 amide bonds. The van der Waals surface area contributed by atoms with Crippen molar-refractivity contribution in [3.63, 3.8) is 0 Å². The normalized spacial score (nSPS) is 18.0. The molecule has 50 heavy (non-hydrogen) atoms. The van der Waals surface area contributed by atoms with Crippen molar-refractivity contribution in [1.29, 1.82) is 0 Å². The Morgan fingerprint density at radius 3 is 1.96 bits per heavy atom. The van der Waals surface area contributed by atoms with Gasteiger partial charge in [-0.1, -0.05) is 130 Å². The number of aromatic nitrogens is 4. The molecule has 2 aromatic heterocycles. The number of nitrogens with one attached hydrogen (secondary N) is 2. The number of hydrogen-bond acceptors (Lipinski definition) is 7. The standard InChI is InChI=1S/C34H44N6O2.4C2H6/c1-34(2)18-16-26(17-19-34)35-21-29-38-32(31-33(39-29)40(23-37-31)30-15-14-27(42-30)22-41-3)36-20-28(24-10-6-4-7-11-24)25-12-8-5-9-13-25;4*1-2/h4-13,23,26-28,30,35H,14-22H2,1-3H3,(H,36,38,39);4*1-2H3. The van der Waals surface area contributed by atoms with Crippen molar-refractivity contribution >= 4 is 17.0 Å². The predicted molar refractivity (Wildman–Crippen MR) is 212 cm³/mol. The molecule has 0 radical (unpaired) electrons. The van der Waals surface area contributed by atoms with Crippen molar-refractivity contribution in [3.05, 3.63) is 83.9 Å². The number of rotatable bonds is 11. The van der Waals surface area contributed by atoms with Crippen LogP contribution in [0.4, 0.5) is 5.82 Å². The molecule has 1 saturated heterocycles. The second-order valence-corrected chi connectivity index (χ2v) is 12.6. The average molecular weight is 689 g/mol. The number of methoxy groups -OCH3 is 1. The van der Waals surface area contributed by atoms with E-state index in [-0.39, 0.29) is 18.2 Å². The van der Waals surface area contributed by atoms with Crippen LogP contribution in [0.5, 0.6) is 0 Å². The van der Waals surface area contributed by atoms with Crippen molar-refractivity contribution in [1.82, 2.24) is 24.8 Å². The molecule has 2 atom stereocenters. The topological polar surface area (TPSA) is 86.1 Å². The summed E-state index contributed by atoms with van der Waals surface area (Å²) >= 11 is 0. The van der Waals surface area contributed by atoms with Crippen LogP contribution in [-0.2, 0) is 16.0 Å². The first kappa shape index (κ1) is 42.8. The van der Waals surface area contributed by atoms with Crippen LogP contribution in [0, 0.1) is 5.41 Å². The zero-order chi connectivity index (χ0) is 36.9. The van der Waals surface area contributed by atoms with E-state index in [0.717, 1.165) is 35.6 Å². The molecule has 3 heterocycles. The second kappa shape index (κ2) is 23.2. The highest BCUT2D eigenvalue weighted by Crippen LogP contribution is 2.35. The van der Waals surface area contributed by atoms with Gasteiger partial charge in [0.2, 0.25) is 0 Å². The summed E-state index contributed by atoms with van der Waals surface area (Å²) in [5, 5.41) is 7.45. The summed E-state index contributed by atoms with van der Waals surface area (Å²) in [6.45, 7) is 22.7. The third-order valence-corrected chi connectivity index (χ3v) is 8.98. The fourth-order valence-electron chi connectivity index (χ4n) is 6.41. The first-order valence-corrected chi connectivity index (χ1v) is 19.4. The van der Waals surface area contributed by atoms with Crippen molar-refractivity contribution in [2.75, 3.05) is 25.6 Å². The highest BCUT2D eigenvalue weighted by Gasteiger charge is 2.30. The molecule has 6 rings (SSSR count). The van der Waals surface area contributed by atoms with Crippen LogP contribution < -0.4 is 10.6 Å². The Balaban J connectivity index is 0.00000101. The maximum Gasteiger partial charge on any atom is 0.167 e. The smallest absolute Gasteiger partial charge is 0.167 e. The number of ether oxygens (including phenoxy) is 2. The highest BCUT2D eigenvalue weighted by atomic mass is 16.5. The summed E-state index contributed by atoms with van der Waals surface area (Å²) in [6.07, 6.45) is 8.55. The molecule has 1 saturated carbocycles. The molecule has 2 aliphatic rings. The highest BCUT2D eigenvalue weighted by molar-refractivity contribution is 5.83. The van der Waals surface area contributed by atoms with Gasteiger partial charge in [-0.05, 0) is 55.1 Å². The minimum Gasteiger partial charge on any atom is -0.382 e. The maximum atomic E-state index is 6.32. The first-order chi connectivity index (χ1) is 24.5. The van der Waals surface area contributed by atoms with Gasteiger partial charge in [-0.2, -0.15) is 0 Å². The summed E-state index contributed by atoms with van der Waals surface area (Å²) in [5.74, 6) is 1.71. The van der Waals surface area contributed by atoms with Gasteiger partial charge in [0.25, 0.3) is 0 Å². The van der Waals surface area contributed by atoms with Crippen LogP contribution in [-0.4, -0.2) is 51.9 Å². The lowest BCUT2D eigenvalue weighted by atomic mass is 9.75. The fraction of sp³-hybridized carbons (Fsp3) is 0.595. The molecule has 1 aliphatic heterocycles. The quantitative estimate of drug-likeness (QED) is 0.162. The van der Waals surface area contributed by atoms with Crippen molar-refractivity contribution in [3.8, 4) is 0 Å². The van der Waals surface area contributed by atoms with E-state index in [0.29, 0.717) is 31.2 Å². The van der Waals surface area contributed by atoms with Gasteiger partial charge in [-0.3, -0.25) is 4.57 Å². The number of fused-ring (bicyclic) bond motifs is 1. The van der Waals surface area contributed by atoms with E-state index in [1.165, 1.54) is 36.8 Å². The monoisotopic (exact) mass is 689 g/mol. The second-order valence-electron chi connectivity index (χ2n) is 12.6. The van der Waals surface area contributed by atoms with Gasteiger partial charge in [0, 0.05) is 25.6 Å². The molecule has 8 heteroatoms. The van der Waals surface area contributed by atoms with Gasteiger partial charge in [-0.15, -0.1) is 0 Å². The van der Waals surface area contributed by atoms with Crippen LogP contribution in [0.3, 0.4) is 0 Å². The largest absolute Gasteiger partial charge is 0.382 e. The lowest BCUT2D eigenvalue weighted by Crippen LogP contribution is -2.35. The molecule has 0 bridgehead atoms. The zero-order valence-electron chi connectivity index (χ0n) is 33.1. The molecule has 0 spiro atoms. The van der Waals surface area contributed by atoms with Crippen LogP contribution in [0.2, 0.25) is 0 Å². The van der Waals surface area contributed by atoms with E-state index in [2.05, 4.69) is 89.7 Å². The Morgan fingerprint density at radius 1 is 0.820 bits per heavy atom. The van der Waals surface area contributed by atoms with Gasteiger partial charge >= 0.3 is 0 Å². The zero-order valence-corrected chi connectivity index (χ0v) is 33.1. The lowest BCUT2D eigenvalue weighted by molar-refractivity contribution is -0.0300. The molecule has 4 aromatic rings. The van der Waals surface area contributed by atoms with Gasteiger partial charge < -0.3 is 20.1 Å². The van der Waals surface area contributed by atoms with E-state index < -0.39 is 0 Å². The Labute approximate surface area is 304 Å². The molecule has 2 fully saturated rings. The van der Waals surface area contributed by atoms with Crippen molar-refractivity contribution < 1.29 is 9.47 Å². The summed E-state index contributed by atoms with van der Waals surface area (Å²) < 4.78 is 13.8. The summed E-state index contributed by atoms with van der Waals surface area (Å²) in [4.78, 5) is 14.9. The van der Waals surface area contributed by atoms with E-state index in [1.807, 2.05) is 61.7 Å². The number of hydrogen-bond donors (Lipinski definition) is 2. The van der Waals surface area contributed by atoms with Gasteiger partial charge in [-0.25, -0.2) is 15.0 Å². The van der Waals surface area contributed by atoms with Crippen LogP contribution in [0.15, 0.2) is 67.0 Å². The molecule has 278 valence electrons. The van der Waals surface area contributed by atoms with Crippen molar-refractivity contribution in [2.45, 2.75) is 139 Å². The first-order valence-electron chi connectivity index (χ1n) is 19.4. The molecule has 2 unspecified atom stereocenters. The summed E-state index contributed by atoms with van der Waals surface area (Å²) in [6, 6.07) is 21.8. The van der Waals surface area contributed by atoms with E-state index >= 15 is 0 Å². The molecule has 8 nitrogen and oxygen atoms in total. The van der Waals surface area contributed by atoms with Gasteiger partial charge in [0.05, 0.1) is 25.6 Å². The number of benzene rings is 2. The maximum absolute atomic E-state index is 6.32. The third kappa shape index (κ3) is 12.2. The Morgan fingerprint density at radius 2 is 1.40 bits per heavy atom. The number of nitrogens with zero attached hydrogens (tertiary/aromatic N) is 4.